The molecule has 0 aliphatic carbocycles. The fourth-order valence-corrected chi connectivity index (χ4v) is 9.94. The second kappa shape index (κ2) is 13.8. The van der Waals surface area contributed by atoms with Gasteiger partial charge in [0.05, 0.1) is 22.4 Å². The van der Waals surface area contributed by atoms with E-state index in [1.54, 1.807) is 0 Å². The van der Waals surface area contributed by atoms with Crippen LogP contribution in [0.1, 0.15) is 12.5 Å². The van der Waals surface area contributed by atoms with Crippen LogP contribution in [-0.2, 0) is 0 Å². The van der Waals surface area contributed by atoms with Crippen LogP contribution >= 0.6 is 0 Å². The number of pyridine rings is 2. The number of fused-ring (bicyclic) bond motifs is 15. The fraction of sp³-hybridized carbons (Fsp3) is 0.0172. The van der Waals surface area contributed by atoms with Gasteiger partial charge < -0.3 is 0 Å². The summed E-state index contributed by atoms with van der Waals surface area (Å²) in [5.74, 6) is 0. The van der Waals surface area contributed by atoms with Gasteiger partial charge in [0.1, 0.15) is 0 Å². The zero-order chi connectivity index (χ0) is 40.6. The first-order valence-corrected chi connectivity index (χ1v) is 20.8. The molecule has 0 spiro atoms. The third-order valence-corrected chi connectivity index (χ3v) is 12.6. The molecule has 2 aromatic heterocycles. The molecule has 0 aliphatic heterocycles. The summed E-state index contributed by atoms with van der Waals surface area (Å²) in [5.41, 5.74) is 10.3. The molecule has 12 aromatic rings. The van der Waals surface area contributed by atoms with Crippen LogP contribution in [0.2, 0.25) is 0 Å². The summed E-state index contributed by atoms with van der Waals surface area (Å²) in [5, 5.41) is 17.0. The van der Waals surface area contributed by atoms with E-state index in [-0.39, 0.29) is 0 Å². The van der Waals surface area contributed by atoms with Crippen molar-refractivity contribution >= 4 is 105 Å². The lowest BCUT2D eigenvalue weighted by molar-refractivity contribution is 1.39. The number of aliphatic imine (C=N–C) groups is 1. The minimum Gasteiger partial charge on any atom is -0.262 e. The first-order chi connectivity index (χ1) is 30.2. The van der Waals surface area contributed by atoms with E-state index in [0.717, 1.165) is 55.6 Å². The highest BCUT2D eigenvalue weighted by Gasteiger charge is 2.19. The van der Waals surface area contributed by atoms with Crippen LogP contribution in [0.4, 0.5) is 5.69 Å². The number of rotatable bonds is 5. The summed E-state index contributed by atoms with van der Waals surface area (Å²) in [7, 11) is 0. The number of para-hydroxylation sites is 1. The van der Waals surface area contributed by atoms with E-state index in [0.29, 0.717) is 0 Å². The number of aromatic nitrogens is 2. The van der Waals surface area contributed by atoms with Gasteiger partial charge in [-0.1, -0.05) is 152 Å². The van der Waals surface area contributed by atoms with Gasteiger partial charge in [-0.3, -0.25) is 9.98 Å². The fourth-order valence-electron chi connectivity index (χ4n) is 9.94. The number of allylic oxidation sites excluding steroid dienone is 1. The molecular formula is C58H37N3. The lowest BCUT2D eigenvalue weighted by Gasteiger charge is -2.17. The zero-order valence-corrected chi connectivity index (χ0v) is 33.5. The molecule has 0 saturated heterocycles. The van der Waals surface area contributed by atoms with E-state index in [1.165, 1.54) is 75.6 Å². The molecule has 284 valence electrons. The van der Waals surface area contributed by atoms with Crippen molar-refractivity contribution in [3.8, 4) is 33.5 Å². The van der Waals surface area contributed by atoms with Crippen molar-refractivity contribution in [2.45, 2.75) is 6.92 Å². The molecule has 0 fully saturated rings. The van der Waals surface area contributed by atoms with E-state index < -0.39 is 0 Å². The SMILES string of the molecule is C=Nc1c(/C=C\C)c(-c2ccc3c4ccc(-c5cccc(-c6nc7ccccc7c7c8ccccc8c8ccccc8c67)c5)cc4c4ccccc4c3c2)cc2cccnc12. The summed E-state index contributed by atoms with van der Waals surface area (Å²) in [6.07, 6.45) is 6.00. The predicted octanol–water partition coefficient (Wildman–Crippen LogP) is 16.1. The van der Waals surface area contributed by atoms with Crippen molar-refractivity contribution in [1.82, 2.24) is 9.97 Å². The van der Waals surface area contributed by atoms with E-state index in [1.807, 2.05) is 19.2 Å². The topological polar surface area (TPSA) is 38.1 Å². The van der Waals surface area contributed by atoms with Crippen LogP contribution in [0.15, 0.2) is 193 Å². The molecule has 0 atom stereocenters. The molecule has 0 radical (unpaired) electrons. The second-order valence-corrected chi connectivity index (χ2v) is 15.9. The van der Waals surface area contributed by atoms with E-state index in [2.05, 4.69) is 199 Å². The normalized spacial score (nSPS) is 12.0. The standard InChI is InChI=1S/C58H37N3/c1-3-14-48-50(34-39-17-13-30-60-57(39)58(48)59-2)37-27-29-45-44-28-26-36(32-51(44)42-20-4-5-21-43(42)52(45)33-37)35-15-12-16-38(31-35)56-55-47-23-9-7-19-41(47)40-18-6-8-22-46(40)54(55)49-24-10-11-25-53(49)61-56/h3-34H,2H2,1H3/b14-3-. The van der Waals surface area contributed by atoms with Crippen LogP contribution in [0.3, 0.4) is 0 Å². The predicted molar refractivity (Wildman–Crippen MR) is 262 cm³/mol. The molecule has 0 N–H and O–H groups in total. The maximum absolute atomic E-state index is 5.44. The Kier molecular flexibility index (Phi) is 7.91. The van der Waals surface area contributed by atoms with Crippen molar-refractivity contribution in [1.29, 1.82) is 0 Å². The average molecular weight is 776 g/mol. The molecule has 0 unspecified atom stereocenters. The third kappa shape index (κ3) is 5.34. The largest absolute Gasteiger partial charge is 0.262 e. The summed E-state index contributed by atoms with van der Waals surface area (Å²) in [6.45, 7) is 5.99. The lowest BCUT2D eigenvalue weighted by Crippen LogP contribution is -1.93. The first-order valence-electron chi connectivity index (χ1n) is 20.8. The van der Waals surface area contributed by atoms with Crippen LogP contribution in [-0.4, -0.2) is 16.7 Å². The molecule has 12 rings (SSSR count). The van der Waals surface area contributed by atoms with Gasteiger partial charge in [-0.2, -0.15) is 0 Å². The van der Waals surface area contributed by atoms with E-state index in [9.17, 15) is 0 Å². The van der Waals surface area contributed by atoms with Crippen molar-refractivity contribution in [3.63, 3.8) is 0 Å². The summed E-state index contributed by atoms with van der Waals surface area (Å²) < 4.78 is 0. The Hall–Kier alpha value is -8.01. The van der Waals surface area contributed by atoms with Gasteiger partial charge in [-0.15, -0.1) is 0 Å². The van der Waals surface area contributed by atoms with Gasteiger partial charge in [0, 0.05) is 38.9 Å². The van der Waals surface area contributed by atoms with Gasteiger partial charge in [0.15, 0.2) is 0 Å². The van der Waals surface area contributed by atoms with Crippen molar-refractivity contribution < 1.29 is 0 Å². The maximum atomic E-state index is 5.44. The maximum Gasteiger partial charge on any atom is 0.0964 e. The molecule has 61 heavy (non-hydrogen) atoms. The van der Waals surface area contributed by atoms with Gasteiger partial charge in [0.25, 0.3) is 0 Å². The Morgan fingerprint density at radius 1 is 0.459 bits per heavy atom. The molecule has 0 amide bonds. The number of benzene rings is 10. The Morgan fingerprint density at radius 2 is 1.02 bits per heavy atom. The molecule has 3 heteroatoms. The van der Waals surface area contributed by atoms with Crippen molar-refractivity contribution in [3.05, 3.63) is 194 Å². The number of hydrogen-bond donors (Lipinski definition) is 0. The van der Waals surface area contributed by atoms with Gasteiger partial charge >= 0.3 is 0 Å². The van der Waals surface area contributed by atoms with Gasteiger partial charge in [0.2, 0.25) is 0 Å². The first kappa shape index (κ1) is 35.0. The molecule has 10 aromatic carbocycles. The molecule has 0 aliphatic rings. The van der Waals surface area contributed by atoms with Crippen molar-refractivity contribution in [2.75, 3.05) is 0 Å². The Balaban J connectivity index is 1.05. The van der Waals surface area contributed by atoms with Gasteiger partial charge in [-0.25, -0.2) is 4.98 Å². The highest BCUT2D eigenvalue weighted by atomic mass is 14.8. The average Bonchev–Trinajstić information content (AvgIpc) is 3.33. The van der Waals surface area contributed by atoms with Crippen LogP contribution in [0.5, 0.6) is 0 Å². The highest BCUT2D eigenvalue weighted by Crippen LogP contribution is 2.45. The van der Waals surface area contributed by atoms with E-state index >= 15 is 0 Å². The van der Waals surface area contributed by atoms with Crippen LogP contribution in [0.25, 0.3) is 126 Å². The summed E-state index contributed by atoms with van der Waals surface area (Å²) in [4.78, 5) is 14.6. The zero-order valence-electron chi connectivity index (χ0n) is 33.5. The minimum atomic E-state index is 0.803. The van der Waals surface area contributed by atoms with Crippen molar-refractivity contribution in [2.24, 2.45) is 4.99 Å². The van der Waals surface area contributed by atoms with Gasteiger partial charge in [-0.05, 0) is 126 Å². The Labute approximate surface area is 352 Å². The summed E-state index contributed by atoms with van der Waals surface area (Å²) >= 11 is 0. The molecule has 0 saturated carbocycles. The number of nitrogens with zero attached hydrogens (tertiary/aromatic N) is 3. The highest BCUT2D eigenvalue weighted by molar-refractivity contribution is 6.33. The van der Waals surface area contributed by atoms with Crippen LogP contribution in [0, 0.1) is 0 Å². The van der Waals surface area contributed by atoms with Crippen LogP contribution < -0.4 is 0 Å². The lowest BCUT2D eigenvalue weighted by atomic mass is 9.88. The third-order valence-electron chi connectivity index (χ3n) is 12.6. The second-order valence-electron chi connectivity index (χ2n) is 15.9. The smallest absolute Gasteiger partial charge is 0.0964 e. The Bertz CT molecular complexity index is 3840. The van der Waals surface area contributed by atoms with E-state index in [4.69, 9.17) is 4.98 Å². The molecule has 2 heterocycles. The molecular weight excluding hydrogens is 739 g/mol. The number of hydrogen-bond acceptors (Lipinski definition) is 3. The quantitative estimate of drug-likeness (QED) is 0.129. The Morgan fingerprint density at radius 3 is 1.70 bits per heavy atom. The molecule has 0 bridgehead atoms. The minimum absolute atomic E-state index is 0.803. The monoisotopic (exact) mass is 775 g/mol. The summed E-state index contributed by atoms with van der Waals surface area (Å²) in [6, 6.07) is 64.1. The molecule has 3 nitrogen and oxygen atoms in total.